The molecule has 0 spiro atoms. The van der Waals surface area contributed by atoms with Gasteiger partial charge in [-0.15, -0.1) is 11.3 Å². The first-order valence-corrected chi connectivity index (χ1v) is 4.79. The zero-order valence-electron chi connectivity index (χ0n) is 6.54. The second-order valence-corrected chi connectivity index (χ2v) is 4.09. The molecule has 1 aromatic carbocycles. The maximum absolute atomic E-state index is 8.74. The summed E-state index contributed by atoms with van der Waals surface area (Å²) in [7, 11) is 0. The fourth-order valence-corrected chi connectivity index (χ4v) is 2.24. The van der Waals surface area contributed by atoms with Gasteiger partial charge in [0.25, 0.3) is 0 Å². The Morgan fingerprint density at radius 3 is 2.92 bits per heavy atom. The largest absolute Gasteiger partial charge is 0.396 e. The molecule has 0 bridgehead atoms. The third kappa shape index (κ3) is 1.24. The van der Waals surface area contributed by atoms with Gasteiger partial charge in [0.15, 0.2) is 0 Å². The van der Waals surface area contributed by atoms with E-state index in [2.05, 4.69) is 6.07 Å². The van der Waals surface area contributed by atoms with Crippen molar-refractivity contribution >= 4 is 38.7 Å². The number of nitrogens with zero attached hydrogens (tertiary/aromatic N) is 1. The molecule has 0 atom stereocenters. The Morgan fingerprint density at radius 1 is 1.46 bits per heavy atom. The number of nitriles is 1. The zero-order valence-corrected chi connectivity index (χ0v) is 8.12. The molecular weight excluding hydrogens is 204 g/mol. The minimum atomic E-state index is 0.532. The second kappa shape index (κ2) is 2.91. The van der Waals surface area contributed by atoms with Crippen LogP contribution in [0.2, 0.25) is 5.02 Å². The van der Waals surface area contributed by atoms with Crippen LogP contribution in [-0.4, -0.2) is 0 Å². The van der Waals surface area contributed by atoms with E-state index in [4.69, 9.17) is 22.6 Å². The van der Waals surface area contributed by atoms with Gasteiger partial charge in [-0.1, -0.05) is 11.6 Å². The van der Waals surface area contributed by atoms with Crippen molar-refractivity contribution in [2.45, 2.75) is 0 Å². The Labute approximate surface area is 84.2 Å². The van der Waals surface area contributed by atoms with Gasteiger partial charge in [0.05, 0.1) is 5.69 Å². The van der Waals surface area contributed by atoms with E-state index in [0.29, 0.717) is 15.6 Å². The third-order valence-corrected chi connectivity index (χ3v) is 3.12. The van der Waals surface area contributed by atoms with Gasteiger partial charge in [0.2, 0.25) is 0 Å². The van der Waals surface area contributed by atoms with Gasteiger partial charge >= 0.3 is 0 Å². The smallest absolute Gasteiger partial charge is 0.129 e. The maximum atomic E-state index is 8.74. The van der Waals surface area contributed by atoms with E-state index in [1.165, 1.54) is 11.3 Å². The number of hydrogen-bond acceptors (Lipinski definition) is 3. The number of hydrogen-bond donors (Lipinski definition) is 1. The van der Waals surface area contributed by atoms with E-state index in [-0.39, 0.29) is 0 Å². The summed E-state index contributed by atoms with van der Waals surface area (Å²) < 4.78 is 0.999. The lowest BCUT2D eigenvalue weighted by Gasteiger charge is -1.91. The fraction of sp³-hybridized carbons (Fsp3) is 0. The average Bonchev–Trinajstić information content (AvgIpc) is 2.44. The van der Waals surface area contributed by atoms with E-state index in [1.807, 2.05) is 6.07 Å². The monoisotopic (exact) mass is 208 g/mol. The quantitative estimate of drug-likeness (QED) is 0.724. The van der Waals surface area contributed by atoms with Crippen LogP contribution in [0.15, 0.2) is 18.2 Å². The summed E-state index contributed by atoms with van der Waals surface area (Å²) in [6, 6.07) is 7.50. The van der Waals surface area contributed by atoms with E-state index in [1.54, 1.807) is 12.1 Å². The summed E-state index contributed by atoms with van der Waals surface area (Å²) in [4.78, 5) is 0.553. The van der Waals surface area contributed by atoms with E-state index >= 15 is 0 Å². The Hall–Kier alpha value is -1.24. The van der Waals surface area contributed by atoms with E-state index in [9.17, 15) is 0 Å². The van der Waals surface area contributed by atoms with Gasteiger partial charge in [0, 0.05) is 15.1 Å². The van der Waals surface area contributed by atoms with Gasteiger partial charge in [-0.3, -0.25) is 0 Å². The number of thiophene rings is 1. The second-order valence-electron chi connectivity index (χ2n) is 2.60. The van der Waals surface area contributed by atoms with Crippen molar-refractivity contribution in [1.29, 1.82) is 5.26 Å². The van der Waals surface area contributed by atoms with Gasteiger partial charge < -0.3 is 5.73 Å². The third-order valence-electron chi connectivity index (χ3n) is 1.79. The highest BCUT2D eigenvalue weighted by Crippen LogP contribution is 2.34. The standard InChI is InChI=1S/C9H5ClN2S/c10-5-1-2-7-6(3-5)9(12)8(4-11)13-7/h1-3H,12H2. The van der Waals surface area contributed by atoms with Crippen LogP contribution in [0, 0.1) is 11.3 Å². The predicted molar refractivity (Wildman–Crippen MR) is 56.0 cm³/mol. The first-order chi connectivity index (χ1) is 6.22. The molecular formula is C9H5ClN2S. The molecule has 0 aliphatic carbocycles. The predicted octanol–water partition coefficient (Wildman–Crippen LogP) is 3.01. The number of nitrogens with two attached hydrogens (primary N) is 1. The highest BCUT2D eigenvalue weighted by molar-refractivity contribution is 7.20. The van der Waals surface area contributed by atoms with Crippen molar-refractivity contribution in [1.82, 2.24) is 0 Å². The van der Waals surface area contributed by atoms with Gasteiger partial charge in [-0.25, -0.2) is 0 Å². The molecule has 2 N–H and O–H groups in total. The van der Waals surface area contributed by atoms with Crippen molar-refractivity contribution in [3.8, 4) is 6.07 Å². The van der Waals surface area contributed by atoms with Crippen LogP contribution in [-0.2, 0) is 0 Å². The number of benzene rings is 1. The molecule has 2 rings (SSSR count). The fourth-order valence-electron chi connectivity index (χ4n) is 1.17. The molecule has 0 saturated carbocycles. The molecule has 0 aliphatic heterocycles. The molecule has 0 radical (unpaired) electrons. The van der Waals surface area contributed by atoms with Crippen molar-refractivity contribution in [3.05, 3.63) is 28.1 Å². The Kier molecular flexibility index (Phi) is 1.87. The number of nitrogen functional groups attached to an aromatic ring is 1. The van der Waals surface area contributed by atoms with E-state index < -0.39 is 0 Å². The molecule has 64 valence electrons. The summed E-state index contributed by atoms with van der Waals surface area (Å²) in [6.07, 6.45) is 0. The van der Waals surface area contributed by atoms with Crippen LogP contribution < -0.4 is 5.73 Å². The summed E-state index contributed by atoms with van der Waals surface area (Å²) in [5.74, 6) is 0. The normalized spacial score (nSPS) is 10.2. The molecule has 2 aromatic rings. The molecule has 0 aliphatic rings. The maximum Gasteiger partial charge on any atom is 0.129 e. The van der Waals surface area contributed by atoms with Crippen molar-refractivity contribution < 1.29 is 0 Å². The Balaban J connectivity index is 2.87. The van der Waals surface area contributed by atoms with Crippen molar-refractivity contribution in [3.63, 3.8) is 0 Å². The highest BCUT2D eigenvalue weighted by Gasteiger charge is 2.08. The first kappa shape index (κ1) is 8.36. The highest BCUT2D eigenvalue weighted by atomic mass is 35.5. The van der Waals surface area contributed by atoms with E-state index in [0.717, 1.165) is 10.1 Å². The molecule has 0 fully saturated rings. The molecule has 0 saturated heterocycles. The Morgan fingerprint density at radius 2 is 2.23 bits per heavy atom. The van der Waals surface area contributed by atoms with Crippen LogP contribution in [0.1, 0.15) is 4.88 Å². The summed E-state index contributed by atoms with van der Waals surface area (Å²) in [5, 5.41) is 10.2. The number of anilines is 1. The SMILES string of the molecule is N#Cc1sc2ccc(Cl)cc2c1N. The lowest BCUT2D eigenvalue weighted by atomic mass is 10.2. The lowest BCUT2D eigenvalue weighted by molar-refractivity contribution is 1.52. The number of rotatable bonds is 0. The average molecular weight is 209 g/mol. The minimum absolute atomic E-state index is 0.532. The molecule has 13 heavy (non-hydrogen) atoms. The summed E-state index contributed by atoms with van der Waals surface area (Å²) in [6.45, 7) is 0. The van der Waals surface area contributed by atoms with Gasteiger partial charge in [-0.2, -0.15) is 5.26 Å². The molecule has 0 unspecified atom stereocenters. The molecule has 1 aromatic heterocycles. The minimum Gasteiger partial charge on any atom is -0.396 e. The van der Waals surface area contributed by atoms with Crippen LogP contribution in [0.3, 0.4) is 0 Å². The van der Waals surface area contributed by atoms with Crippen LogP contribution in [0.25, 0.3) is 10.1 Å². The van der Waals surface area contributed by atoms with Gasteiger partial charge in [0.1, 0.15) is 10.9 Å². The summed E-state index contributed by atoms with van der Waals surface area (Å²) >= 11 is 7.20. The van der Waals surface area contributed by atoms with Crippen molar-refractivity contribution in [2.24, 2.45) is 0 Å². The van der Waals surface area contributed by atoms with Crippen LogP contribution >= 0.6 is 22.9 Å². The number of halogens is 1. The summed E-state index contributed by atoms with van der Waals surface area (Å²) in [5.41, 5.74) is 6.28. The molecule has 1 heterocycles. The molecule has 2 nitrogen and oxygen atoms in total. The number of fused-ring (bicyclic) bond motifs is 1. The molecule has 4 heteroatoms. The topological polar surface area (TPSA) is 49.8 Å². The first-order valence-electron chi connectivity index (χ1n) is 3.60. The molecule has 0 amide bonds. The Bertz CT molecular complexity index is 510. The van der Waals surface area contributed by atoms with Crippen molar-refractivity contribution in [2.75, 3.05) is 5.73 Å². The van der Waals surface area contributed by atoms with Gasteiger partial charge in [-0.05, 0) is 18.2 Å². The zero-order chi connectivity index (χ0) is 9.42. The van der Waals surface area contributed by atoms with Crippen LogP contribution in [0.5, 0.6) is 0 Å². The lowest BCUT2D eigenvalue weighted by Crippen LogP contribution is -1.83. The van der Waals surface area contributed by atoms with Crippen LogP contribution in [0.4, 0.5) is 5.69 Å².